The van der Waals surface area contributed by atoms with Crippen molar-refractivity contribution in [3.8, 4) is 5.75 Å². The summed E-state index contributed by atoms with van der Waals surface area (Å²) in [4.78, 5) is 5.86. The third kappa shape index (κ3) is 3.54. The Morgan fingerprint density at radius 3 is 2.73 bits per heavy atom. The zero-order valence-electron chi connectivity index (χ0n) is 15.4. The van der Waals surface area contributed by atoms with Gasteiger partial charge in [-0.15, -0.1) is 0 Å². The van der Waals surface area contributed by atoms with Gasteiger partial charge < -0.3 is 9.72 Å². The summed E-state index contributed by atoms with van der Waals surface area (Å²) >= 11 is 0. The normalized spacial score (nSPS) is 15.2. The van der Waals surface area contributed by atoms with Crippen LogP contribution >= 0.6 is 0 Å². The number of benzene rings is 2. The van der Waals surface area contributed by atoms with Gasteiger partial charge >= 0.3 is 0 Å². The topological polar surface area (TPSA) is 28.3 Å². The van der Waals surface area contributed by atoms with Gasteiger partial charge in [-0.2, -0.15) is 0 Å². The lowest BCUT2D eigenvalue weighted by Crippen LogP contribution is -2.29. The molecule has 2 aromatic carbocycles. The van der Waals surface area contributed by atoms with Crippen LogP contribution in [0.15, 0.2) is 60.8 Å². The molecule has 0 aliphatic carbocycles. The van der Waals surface area contributed by atoms with E-state index in [1.54, 1.807) is 7.11 Å². The lowest BCUT2D eigenvalue weighted by atomic mass is 9.99. The highest BCUT2D eigenvalue weighted by molar-refractivity contribution is 5.88. The Bertz CT molecular complexity index is 895. The standard InChI is InChI=1S/C23H26N2O/c1-26-22-10-9-20(21-11-14-24-23(21)22)8-5-15-25-16-12-19(13-17-25)18-6-3-2-4-7-18/h2-4,6-7,9-12,14,24H,5,8,13,15-17H2,1H3. The molecule has 0 spiro atoms. The minimum atomic E-state index is 0.920. The third-order valence-corrected chi connectivity index (χ3v) is 5.35. The van der Waals surface area contributed by atoms with Crippen molar-refractivity contribution in [2.45, 2.75) is 19.3 Å². The van der Waals surface area contributed by atoms with Gasteiger partial charge in [-0.05, 0) is 54.6 Å². The van der Waals surface area contributed by atoms with Gasteiger partial charge in [-0.25, -0.2) is 0 Å². The molecule has 2 heterocycles. The molecule has 1 aliphatic rings. The van der Waals surface area contributed by atoms with Crippen molar-refractivity contribution in [2.75, 3.05) is 26.7 Å². The van der Waals surface area contributed by atoms with Crippen LogP contribution in [0.4, 0.5) is 0 Å². The van der Waals surface area contributed by atoms with Crippen LogP contribution in [-0.2, 0) is 6.42 Å². The number of H-pyrrole nitrogens is 1. The monoisotopic (exact) mass is 346 g/mol. The Hall–Kier alpha value is -2.52. The Kier molecular flexibility index (Phi) is 5.07. The van der Waals surface area contributed by atoms with Crippen molar-refractivity contribution in [1.29, 1.82) is 0 Å². The van der Waals surface area contributed by atoms with E-state index in [-0.39, 0.29) is 0 Å². The highest BCUT2D eigenvalue weighted by Crippen LogP contribution is 2.28. The molecule has 0 atom stereocenters. The summed E-state index contributed by atoms with van der Waals surface area (Å²) in [6.07, 6.45) is 7.83. The Labute approximate surface area is 155 Å². The number of rotatable bonds is 6. The summed E-state index contributed by atoms with van der Waals surface area (Å²) in [6.45, 7) is 3.37. The first-order chi connectivity index (χ1) is 12.8. The molecule has 0 saturated carbocycles. The molecular formula is C23H26N2O. The number of methoxy groups -OCH3 is 1. The summed E-state index contributed by atoms with van der Waals surface area (Å²) in [5.41, 5.74) is 5.38. The minimum absolute atomic E-state index is 0.920. The zero-order chi connectivity index (χ0) is 17.8. The summed E-state index contributed by atoms with van der Waals surface area (Å²) < 4.78 is 5.44. The molecule has 1 N–H and O–H groups in total. The second kappa shape index (κ2) is 7.79. The maximum absolute atomic E-state index is 5.44. The highest BCUT2D eigenvalue weighted by Gasteiger charge is 2.13. The zero-order valence-corrected chi connectivity index (χ0v) is 15.4. The number of aromatic nitrogens is 1. The number of ether oxygens (including phenoxy) is 1. The number of fused-ring (bicyclic) bond motifs is 1. The van der Waals surface area contributed by atoms with Crippen molar-refractivity contribution in [1.82, 2.24) is 9.88 Å². The van der Waals surface area contributed by atoms with Crippen molar-refractivity contribution in [2.24, 2.45) is 0 Å². The van der Waals surface area contributed by atoms with E-state index in [2.05, 4.69) is 64.5 Å². The predicted octanol–water partition coefficient (Wildman–Crippen LogP) is 4.90. The average molecular weight is 346 g/mol. The summed E-state index contributed by atoms with van der Waals surface area (Å²) in [6, 6.07) is 17.2. The molecular weight excluding hydrogens is 320 g/mol. The number of aryl methyl sites for hydroxylation is 1. The molecule has 134 valence electrons. The van der Waals surface area contributed by atoms with Crippen molar-refractivity contribution in [3.63, 3.8) is 0 Å². The molecule has 26 heavy (non-hydrogen) atoms. The summed E-state index contributed by atoms with van der Waals surface area (Å²) in [5.74, 6) is 0.920. The van der Waals surface area contributed by atoms with Crippen LogP contribution in [0.1, 0.15) is 24.0 Å². The molecule has 0 radical (unpaired) electrons. The van der Waals surface area contributed by atoms with E-state index in [0.29, 0.717) is 0 Å². The highest BCUT2D eigenvalue weighted by atomic mass is 16.5. The predicted molar refractivity (Wildman–Crippen MR) is 109 cm³/mol. The maximum atomic E-state index is 5.44. The largest absolute Gasteiger partial charge is 0.495 e. The smallest absolute Gasteiger partial charge is 0.142 e. The molecule has 0 unspecified atom stereocenters. The lowest BCUT2D eigenvalue weighted by Gasteiger charge is -2.26. The molecule has 0 bridgehead atoms. The molecule has 1 aromatic heterocycles. The van der Waals surface area contributed by atoms with Crippen LogP contribution in [0.5, 0.6) is 5.75 Å². The average Bonchev–Trinajstić information content (AvgIpc) is 3.20. The van der Waals surface area contributed by atoms with E-state index >= 15 is 0 Å². The number of nitrogens with one attached hydrogen (secondary N) is 1. The maximum Gasteiger partial charge on any atom is 0.142 e. The van der Waals surface area contributed by atoms with Gasteiger partial charge in [-0.3, -0.25) is 4.90 Å². The van der Waals surface area contributed by atoms with Crippen LogP contribution in [0, 0.1) is 0 Å². The molecule has 0 saturated heterocycles. The van der Waals surface area contributed by atoms with Gasteiger partial charge in [0.05, 0.1) is 12.6 Å². The van der Waals surface area contributed by atoms with Gasteiger partial charge in [0.25, 0.3) is 0 Å². The van der Waals surface area contributed by atoms with Crippen LogP contribution in [-0.4, -0.2) is 36.6 Å². The van der Waals surface area contributed by atoms with Crippen molar-refractivity contribution in [3.05, 3.63) is 71.9 Å². The molecule has 3 nitrogen and oxygen atoms in total. The van der Waals surface area contributed by atoms with Crippen molar-refractivity contribution >= 4 is 16.5 Å². The Balaban J connectivity index is 1.34. The van der Waals surface area contributed by atoms with Gasteiger partial charge in [0, 0.05) is 24.7 Å². The number of hydrogen-bond acceptors (Lipinski definition) is 2. The fourth-order valence-electron chi connectivity index (χ4n) is 3.90. The summed E-state index contributed by atoms with van der Waals surface area (Å²) in [5, 5.41) is 1.29. The fourth-order valence-corrected chi connectivity index (χ4v) is 3.90. The molecule has 3 aromatic rings. The fraction of sp³-hybridized carbons (Fsp3) is 0.304. The molecule has 3 heteroatoms. The third-order valence-electron chi connectivity index (χ3n) is 5.35. The number of aromatic amines is 1. The van der Waals surface area contributed by atoms with Crippen LogP contribution in [0.25, 0.3) is 16.5 Å². The van der Waals surface area contributed by atoms with Gasteiger partial charge in [-0.1, -0.05) is 42.5 Å². The Morgan fingerprint density at radius 1 is 1.08 bits per heavy atom. The quantitative estimate of drug-likeness (QED) is 0.688. The van der Waals surface area contributed by atoms with E-state index in [4.69, 9.17) is 4.74 Å². The molecule has 4 rings (SSSR count). The first-order valence-electron chi connectivity index (χ1n) is 9.45. The van der Waals surface area contributed by atoms with E-state index < -0.39 is 0 Å². The molecule has 1 aliphatic heterocycles. The van der Waals surface area contributed by atoms with Gasteiger partial charge in [0.2, 0.25) is 0 Å². The molecule has 0 amide bonds. The Morgan fingerprint density at radius 2 is 1.96 bits per heavy atom. The van der Waals surface area contributed by atoms with E-state index in [1.807, 2.05) is 6.20 Å². The first kappa shape index (κ1) is 16.9. The van der Waals surface area contributed by atoms with Crippen LogP contribution < -0.4 is 4.74 Å². The van der Waals surface area contributed by atoms with Gasteiger partial charge in [0.1, 0.15) is 5.75 Å². The number of nitrogens with zero attached hydrogens (tertiary/aromatic N) is 1. The van der Waals surface area contributed by atoms with Gasteiger partial charge in [0.15, 0.2) is 0 Å². The van der Waals surface area contributed by atoms with Crippen LogP contribution in [0.3, 0.4) is 0 Å². The lowest BCUT2D eigenvalue weighted by molar-refractivity contribution is 0.298. The number of hydrogen-bond donors (Lipinski definition) is 1. The SMILES string of the molecule is COc1ccc(CCCN2CC=C(c3ccccc3)CC2)c2cc[nH]c12. The van der Waals surface area contributed by atoms with E-state index in [9.17, 15) is 0 Å². The van der Waals surface area contributed by atoms with Crippen LogP contribution in [0.2, 0.25) is 0 Å². The van der Waals surface area contributed by atoms with E-state index in [0.717, 1.165) is 43.7 Å². The molecule has 0 fully saturated rings. The second-order valence-corrected chi connectivity index (χ2v) is 6.94. The van der Waals surface area contributed by atoms with E-state index in [1.165, 1.54) is 28.5 Å². The first-order valence-corrected chi connectivity index (χ1v) is 9.45. The minimum Gasteiger partial charge on any atom is -0.495 e. The summed E-state index contributed by atoms with van der Waals surface area (Å²) in [7, 11) is 1.73. The second-order valence-electron chi connectivity index (χ2n) is 6.94. The van der Waals surface area contributed by atoms with Crippen molar-refractivity contribution < 1.29 is 4.74 Å².